The smallest absolute Gasteiger partial charge is 0.0198 e. The Labute approximate surface area is 112 Å². The summed E-state index contributed by atoms with van der Waals surface area (Å²) < 4.78 is 0. The maximum Gasteiger partial charge on any atom is 0.0198 e. The first kappa shape index (κ1) is 13.7. The van der Waals surface area contributed by atoms with Gasteiger partial charge in [-0.05, 0) is 43.8 Å². The van der Waals surface area contributed by atoms with Gasteiger partial charge in [-0.2, -0.15) is 11.8 Å². The van der Waals surface area contributed by atoms with Gasteiger partial charge in [0.05, 0.1) is 0 Å². The summed E-state index contributed by atoms with van der Waals surface area (Å²) in [7, 11) is 0. The first-order chi connectivity index (χ1) is 8.11. The summed E-state index contributed by atoms with van der Waals surface area (Å²) >= 11 is 2.08. The molecule has 17 heavy (non-hydrogen) atoms. The molecule has 2 saturated carbocycles. The van der Waals surface area contributed by atoms with Gasteiger partial charge < -0.3 is 5.32 Å². The number of nitrogens with one attached hydrogen (secondary N) is 1. The monoisotopic (exact) mass is 255 g/mol. The molecule has 2 fully saturated rings. The Bertz CT molecular complexity index is 239. The SMILES string of the molecule is CSC1CCCCC1NC1CCCC(C)(C)C1. The van der Waals surface area contributed by atoms with E-state index < -0.39 is 0 Å². The van der Waals surface area contributed by atoms with E-state index in [1.807, 2.05) is 0 Å². The lowest BCUT2D eigenvalue weighted by Gasteiger charge is -2.40. The molecule has 0 aliphatic heterocycles. The largest absolute Gasteiger partial charge is 0.310 e. The van der Waals surface area contributed by atoms with Crippen molar-refractivity contribution in [2.24, 2.45) is 5.41 Å². The molecule has 0 bridgehead atoms. The van der Waals surface area contributed by atoms with Crippen LogP contribution in [0.25, 0.3) is 0 Å². The zero-order chi connectivity index (χ0) is 12.3. The van der Waals surface area contributed by atoms with Gasteiger partial charge in [-0.25, -0.2) is 0 Å². The second kappa shape index (κ2) is 5.97. The molecule has 0 heterocycles. The number of rotatable bonds is 3. The molecule has 2 heteroatoms. The van der Waals surface area contributed by atoms with Crippen LogP contribution in [0.4, 0.5) is 0 Å². The summed E-state index contributed by atoms with van der Waals surface area (Å²) in [5.41, 5.74) is 0.569. The van der Waals surface area contributed by atoms with E-state index in [1.165, 1.54) is 51.4 Å². The molecule has 0 amide bonds. The summed E-state index contributed by atoms with van der Waals surface area (Å²) in [6, 6.07) is 1.58. The Morgan fingerprint density at radius 3 is 2.53 bits per heavy atom. The maximum absolute atomic E-state index is 3.99. The van der Waals surface area contributed by atoms with Crippen molar-refractivity contribution in [1.82, 2.24) is 5.32 Å². The average molecular weight is 255 g/mol. The third-order valence-corrected chi connectivity index (χ3v) is 5.83. The van der Waals surface area contributed by atoms with E-state index in [-0.39, 0.29) is 0 Å². The van der Waals surface area contributed by atoms with E-state index in [1.54, 1.807) is 0 Å². The molecule has 0 aromatic heterocycles. The van der Waals surface area contributed by atoms with Gasteiger partial charge in [-0.15, -0.1) is 0 Å². The fraction of sp³-hybridized carbons (Fsp3) is 1.00. The highest BCUT2D eigenvalue weighted by atomic mass is 32.2. The molecular formula is C15H29NS. The Balaban J connectivity index is 1.86. The van der Waals surface area contributed by atoms with E-state index in [0.717, 1.165) is 17.3 Å². The van der Waals surface area contributed by atoms with Gasteiger partial charge in [0.25, 0.3) is 0 Å². The van der Waals surface area contributed by atoms with Crippen LogP contribution in [0, 0.1) is 5.41 Å². The third kappa shape index (κ3) is 3.89. The predicted molar refractivity (Wildman–Crippen MR) is 78.7 cm³/mol. The van der Waals surface area contributed by atoms with E-state index in [9.17, 15) is 0 Å². The summed E-state index contributed by atoms with van der Waals surface area (Å²) in [6.45, 7) is 4.88. The lowest BCUT2D eigenvalue weighted by Crippen LogP contribution is -2.48. The number of hydrogen-bond acceptors (Lipinski definition) is 2. The summed E-state index contributed by atoms with van der Waals surface area (Å²) in [5.74, 6) is 0. The van der Waals surface area contributed by atoms with Gasteiger partial charge >= 0.3 is 0 Å². The quantitative estimate of drug-likeness (QED) is 0.810. The molecule has 3 unspecified atom stereocenters. The van der Waals surface area contributed by atoms with E-state index >= 15 is 0 Å². The molecular weight excluding hydrogens is 226 g/mol. The van der Waals surface area contributed by atoms with Gasteiger partial charge in [-0.1, -0.05) is 33.1 Å². The lowest BCUT2D eigenvalue weighted by molar-refractivity contribution is 0.182. The van der Waals surface area contributed by atoms with Crippen molar-refractivity contribution in [3.8, 4) is 0 Å². The Morgan fingerprint density at radius 1 is 1.06 bits per heavy atom. The Hall–Kier alpha value is 0.310. The van der Waals surface area contributed by atoms with Crippen molar-refractivity contribution in [2.75, 3.05) is 6.26 Å². The molecule has 3 atom stereocenters. The first-order valence-electron chi connectivity index (χ1n) is 7.39. The highest BCUT2D eigenvalue weighted by molar-refractivity contribution is 7.99. The molecule has 0 radical (unpaired) electrons. The van der Waals surface area contributed by atoms with Crippen molar-refractivity contribution in [3.05, 3.63) is 0 Å². The van der Waals surface area contributed by atoms with Crippen LogP contribution in [0.3, 0.4) is 0 Å². The maximum atomic E-state index is 3.99. The predicted octanol–water partition coefficient (Wildman–Crippen LogP) is 4.22. The summed E-state index contributed by atoms with van der Waals surface area (Å²) in [5, 5.41) is 4.86. The molecule has 0 spiro atoms. The molecule has 2 aliphatic carbocycles. The van der Waals surface area contributed by atoms with Crippen LogP contribution < -0.4 is 5.32 Å². The van der Waals surface area contributed by atoms with Gasteiger partial charge in [-0.3, -0.25) is 0 Å². The van der Waals surface area contributed by atoms with Crippen molar-refractivity contribution < 1.29 is 0 Å². The number of hydrogen-bond donors (Lipinski definition) is 1. The summed E-state index contributed by atoms with van der Waals surface area (Å²) in [6.07, 6.45) is 13.6. The van der Waals surface area contributed by atoms with E-state index in [0.29, 0.717) is 5.41 Å². The zero-order valence-corrected chi connectivity index (χ0v) is 12.6. The van der Waals surface area contributed by atoms with Crippen LogP contribution in [-0.4, -0.2) is 23.6 Å². The van der Waals surface area contributed by atoms with Crippen LogP contribution in [0.5, 0.6) is 0 Å². The first-order valence-corrected chi connectivity index (χ1v) is 8.68. The highest BCUT2D eigenvalue weighted by Gasteiger charge is 2.31. The minimum Gasteiger partial charge on any atom is -0.310 e. The Kier molecular flexibility index (Phi) is 4.82. The second-order valence-electron chi connectivity index (χ2n) is 6.79. The van der Waals surface area contributed by atoms with Crippen LogP contribution in [0.1, 0.15) is 65.2 Å². The standard InChI is InChI=1S/C15H29NS/c1-15(2)10-6-7-12(11-15)16-13-8-4-5-9-14(13)17-3/h12-14,16H,4-11H2,1-3H3. The van der Waals surface area contributed by atoms with Crippen LogP contribution in [0.2, 0.25) is 0 Å². The van der Waals surface area contributed by atoms with Crippen molar-refractivity contribution >= 4 is 11.8 Å². The van der Waals surface area contributed by atoms with Crippen molar-refractivity contribution in [2.45, 2.75) is 82.5 Å². The summed E-state index contributed by atoms with van der Waals surface area (Å²) in [4.78, 5) is 0. The molecule has 0 aromatic carbocycles. The highest BCUT2D eigenvalue weighted by Crippen LogP contribution is 2.36. The Morgan fingerprint density at radius 2 is 1.82 bits per heavy atom. The fourth-order valence-electron chi connectivity index (χ4n) is 3.71. The van der Waals surface area contributed by atoms with Crippen molar-refractivity contribution in [1.29, 1.82) is 0 Å². The van der Waals surface area contributed by atoms with Gasteiger partial charge in [0, 0.05) is 17.3 Å². The topological polar surface area (TPSA) is 12.0 Å². The van der Waals surface area contributed by atoms with Gasteiger partial charge in [0.15, 0.2) is 0 Å². The number of thioether (sulfide) groups is 1. The van der Waals surface area contributed by atoms with Crippen molar-refractivity contribution in [3.63, 3.8) is 0 Å². The average Bonchev–Trinajstić information content (AvgIpc) is 2.28. The molecule has 0 aromatic rings. The molecule has 1 N–H and O–H groups in total. The second-order valence-corrected chi connectivity index (χ2v) is 7.87. The minimum absolute atomic E-state index is 0.569. The normalized spacial score (nSPS) is 37.9. The third-order valence-electron chi connectivity index (χ3n) is 4.66. The molecule has 100 valence electrons. The fourth-order valence-corrected chi connectivity index (χ4v) is 4.66. The van der Waals surface area contributed by atoms with Crippen LogP contribution in [0.15, 0.2) is 0 Å². The van der Waals surface area contributed by atoms with E-state index in [2.05, 4.69) is 37.2 Å². The zero-order valence-electron chi connectivity index (χ0n) is 11.8. The molecule has 1 nitrogen and oxygen atoms in total. The van der Waals surface area contributed by atoms with E-state index in [4.69, 9.17) is 0 Å². The minimum atomic E-state index is 0.569. The molecule has 2 aliphatic rings. The lowest BCUT2D eigenvalue weighted by atomic mass is 9.75. The van der Waals surface area contributed by atoms with Gasteiger partial charge in [0.1, 0.15) is 0 Å². The van der Waals surface area contributed by atoms with Gasteiger partial charge in [0.2, 0.25) is 0 Å². The van der Waals surface area contributed by atoms with Crippen LogP contribution in [-0.2, 0) is 0 Å². The van der Waals surface area contributed by atoms with Crippen LogP contribution >= 0.6 is 11.8 Å². The molecule has 2 rings (SSSR count). The molecule has 0 saturated heterocycles.